The van der Waals surface area contributed by atoms with Crippen LogP contribution in [0.5, 0.6) is 0 Å². The molecule has 0 amide bonds. The van der Waals surface area contributed by atoms with E-state index in [0.717, 1.165) is 34.8 Å². The summed E-state index contributed by atoms with van der Waals surface area (Å²) in [5, 5.41) is 8.76. The number of allylic oxidation sites excluding steroid dienone is 2. The summed E-state index contributed by atoms with van der Waals surface area (Å²) >= 11 is 1.51. The van der Waals surface area contributed by atoms with Gasteiger partial charge in [-0.05, 0) is 36.1 Å². The van der Waals surface area contributed by atoms with Crippen LogP contribution in [0.15, 0.2) is 40.7 Å². The Morgan fingerprint density at radius 1 is 1.28 bits per heavy atom. The van der Waals surface area contributed by atoms with E-state index in [2.05, 4.69) is 48.3 Å². The second-order valence-electron chi connectivity index (χ2n) is 7.58. The molecule has 0 saturated carbocycles. The van der Waals surface area contributed by atoms with Crippen LogP contribution in [-0.2, 0) is 4.79 Å². The van der Waals surface area contributed by atoms with Gasteiger partial charge in [-0.2, -0.15) is 4.98 Å². The Balaban J connectivity index is 1.94. The zero-order chi connectivity index (χ0) is 17.8. The van der Waals surface area contributed by atoms with Gasteiger partial charge < -0.3 is 5.32 Å². The lowest BCUT2D eigenvalue weighted by molar-refractivity contribution is -0.118. The van der Waals surface area contributed by atoms with Crippen LogP contribution in [-0.4, -0.2) is 26.8 Å². The van der Waals surface area contributed by atoms with Crippen molar-refractivity contribution in [1.82, 2.24) is 14.8 Å². The molecular weight excluding hydrogens is 332 g/mol. The van der Waals surface area contributed by atoms with Gasteiger partial charge in [0.05, 0.1) is 0 Å². The molecule has 6 heteroatoms. The van der Waals surface area contributed by atoms with E-state index in [4.69, 9.17) is 0 Å². The second-order valence-corrected chi connectivity index (χ2v) is 8.36. The van der Waals surface area contributed by atoms with Crippen LogP contribution in [0.3, 0.4) is 0 Å². The summed E-state index contributed by atoms with van der Waals surface area (Å²) in [7, 11) is 0. The molecule has 1 aromatic heterocycles. The van der Waals surface area contributed by atoms with Crippen LogP contribution < -0.4 is 5.32 Å². The number of ketones is 1. The van der Waals surface area contributed by atoms with E-state index in [1.807, 2.05) is 23.1 Å². The summed E-state index contributed by atoms with van der Waals surface area (Å²) in [6.45, 7) is 6.37. The number of Topliss-reactive ketones (excluding diaryl/α,β-unsaturated/α-hetero) is 1. The number of nitrogens with one attached hydrogen (secondary N) is 1. The number of aromatic nitrogens is 3. The monoisotopic (exact) mass is 354 g/mol. The molecule has 0 saturated heterocycles. The minimum Gasteiger partial charge on any atom is -0.328 e. The maximum atomic E-state index is 13.1. The fourth-order valence-corrected chi connectivity index (χ4v) is 4.20. The summed E-state index contributed by atoms with van der Waals surface area (Å²) in [6.07, 6.45) is 3.37. The van der Waals surface area contributed by atoms with Crippen LogP contribution >= 0.6 is 11.8 Å². The lowest BCUT2D eigenvalue weighted by Gasteiger charge is -2.38. The van der Waals surface area contributed by atoms with Crippen molar-refractivity contribution < 1.29 is 4.79 Å². The van der Waals surface area contributed by atoms with Crippen LogP contribution in [0.4, 0.5) is 5.95 Å². The third-order valence-corrected chi connectivity index (χ3v) is 5.52. The van der Waals surface area contributed by atoms with Gasteiger partial charge >= 0.3 is 0 Å². The first-order valence-corrected chi connectivity index (χ1v) is 9.71. The SMILES string of the molecule is CSc1nc2n(n1)[C@@H](c1ccccc1C)C1=C(CC(C)(C)CC1=O)N2. The number of benzene rings is 1. The summed E-state index contributed by atoms with van der Waals surface area (Å²) < 4.78 is 1.88. The minimum atomic E-state index is -0.204. The van der Waals surface area contributed by atoms with Crippen molar-refractivity contribution in [3.05, 3.63) is 46.7 Å². The Bertz CT molecular complexity index is 897. The molecule has 5 nitrogen and oxygen atoms in total. The number of hydrogen-bond acceptors (Lipinski definition) is 5. The van der Waals surface area contributed by atoms with E-state index in [0.29, 0.717) is 11.6 Å². The fraction of sp³-hybridized carbons (Fsp3) is 0.421. The molecule has 2 aromatic rings. The molecule has 25 heavy (non-hydrogen) atoms. The zero-order valence-electron chi connectivity index (χ0n) is 15.0. The normalized spacial score (nSPS) is 21.6. The Morgan fingerprint density at radius 2 is 2.04 bits per heavy atom. The topological polar surface area (TPSA) is 59.8 Å². The lowest BCUT2D eigenvalue weighted by atomic mass is 9.73. The van der Waals surface area contributed by atoms with Crippen LogP contribution in [0.25, 0.3) is 0 Å². The van der Waals surface area contributed by atoms with Gasteiger partial charge in [0.15, 0.2) is 5.78 Å². The predicted molar refractivity (Wildman–Crippen MR) is 99.8 cm³/mol. The van der Waals surface area contributed by atoms with Crippen molar-refractivity contribution in [3.63, 3.8) is 0 Å². The molecule has 2 heterocycles. The smallest absolute Gasteiger partial charge is 0.227 e. The molecule has 1 aromatic carbocycles. The van der Waals surface area contributed by atoms with Crippen molar-refractivity contribution in [2.75, 3.05) is 11.6 Å². The number of hydrogen-bond donors (Lipinski definition) is 1. The standard InChI is InChI=1S/C19H22N4OS/c1-11-7-5-6-8-12(11)16-15-13(9-19(2,3)10-14(15)24)20-17-21-18(25-4)22-23(16)17/h5-8,16H,9-10H2,1-4H3,(H,20,21,22)/t16-/m0/s1. The van der Waals surface area contributed by atoms with Gasteiger partial charge in [0.2, 0.25) is 11.1 Å². The number of anilines is 1. The predicted octanol–water partition coefficient (Wildman–Crippen LogP) is 3.97. The van der Waals surface area contributed by atoms with Crippen molar-refractivity contribution in [2.45, 2.75) is 44.8 Å². The number of rotatable bonds is 2. The third-order valence-electron chi connectivity index (χ3n) is 4.98. The summed E-state index contributed by atoms with van der Waals surface area (Å²) in [4.78, 5) is 17.7. The van der Waals surface area contributed by atoms with Gasteiger partial charge in [-0.1, -0.05) is 49.9 Å². The summed E-state index contributed by atoms with van der Waals surface area (Å²) in [6, 6.07) is 8.02. The van der Waals surface area contributed by atoms with E-state index in [9.17, 15) is 4.79 Å². The van der Waals surface area contributed by atoms with E-state index < -0.39 is 0 Å². The fourth-order valence-electron chi connectivity index (χ4n) is 3.86. The second kappa shape index (κ2) is 5.73. The number of nitrogens with zero attached hydrogens (tertiary/aromatic N) is 3. The third kappa shape index (κ3) is 2.68. The van der Waals surface area contributed by atoms with Crippen molar-refractivity contribution in [1.29, 1.82) is 0 Å². The molecule has 130 valence electrons. The molecule has 4 rings (SSSR count). The Hall–Kier alpha value is -2.08. The highest BCUT2D eigenvalue weighted by Gasteiger charge is 2.42. The number of carbonyl (C=O) groups is 1. The largest absolute Gasteiger partial charge is 0.328 e. The Morgan fingerprint density at radius 3 is 2.76 bits per heavy atom. The van der Waals surface area contributed by atoms with Gasteiger partial charge in [-0.15, -0.1) is 5.10 Å². The highest BCUT2D eigenvalue weighted by atomic mass is 32.2. The van der Waals surface area contributed by atoms with Crippen molar-refractivity contribution >= 4 is 23.5 Å². The van der Waals surface area contributed by atoms with Crippen molar-refractivity contribution in [3.8, 4) is 0 Å². The first-order valence-electron chi connectivity index (χ1n) is 8.49. The first kappa shape index (κ1) is 16.4. The molecule has 0 spiro atoms. The Labute approximate surface area is 151 Å². The average molecular weight is 354 g/mol. The number of fused-ring (bicyclic) bond motifs is 1. The van der Waals surface area contributed by atoms with Crippen LogP contribution in [0, 0.1) is 12.3 Å². The molecule has 0 unspecified atom stereocenters. The number of thioether (sulfide) groups is 1. The van der Waals surface area contributed by atoms with Gasteiger partial charge in [-0.25, -0.2) is 4.68 Å². The molecule has 1 aliphatic heterocycles. The molecule has 0 radical (unpaired) electrons. The molecule has 2 aliphatic rings. The van der Waals surface area contributed by atoms with Crippen molar-refractivity contribution in [2.24, 2.45) is 5.41 Å². The highest BCUT2D eigenvalue weighted by Crippen LogP contribution is 2.46. The van der Waals surface area contributed by atoms with Gasteiger partial charge in [0, 0.05) is 17.7 Å². The summed E-state index contributed by atoms with van der Waals surface area (Å²) in [5.41, 5.74) is 4.08. The summed E-state index contributed by atoms with van der Waals surface area (Å²) in [5.74, 6) is 0.931. The van der Waals surface area contributed by atoms with Crippen LogP contribution in [0.1, 0.15) is 43.9 Å². The molecular formula is C19H22N4OS. The first-order chi connectivity index (χ1) is 11.9. The van der Waals surface area contributed by atoms with E-state index in [1.54, 1.807) is 0 Å². The lowest BCUT2D eigenvalue weighted by Crippen LogP contribution is -2.36. The van der Waals surface area contributed by atoms with E-state index >= 15 is 0 Å². The molecule has 1 atom stereocenters. The minimum absolute atomic E-state index is 0.0380. The molecule has 1 aliphatic carbocycles. The van der Waals surface area contributed by atoms with Crippen LogP contribution in [0.2, 0.25) is 0 Å². The Kier molecular flexibility index (Phi) is 3.76. The maximum Gasteiger partial charge on any atom is 0.227 e. The number of aryl methyl sites for hydroxylation is 1. The molecule has 0 bridgehead atoms. The number of carbonyl (C=O) groups excluding carboxylic acids is 1. The highest BCUT2D eigenvalue weighted by molar-refractivity contribution is 7.98. The van der Waals surface area contributed by atoms with Gasteiger partial charge in [0.1, 0.15) is 6.04 Å². The molecule has 1 N–H and O–H groups in total. The van der Waals surface area contributed by atoms with E-state index in [-0.39, 0.29) is 17.2 Å². The molecule has 0 fully saturated rings. The average Bonchev–Trinajstić information content (AvgIpc) is 2.95. The quantitative estimate of drug-likeness (QED) is 0.827. The zero-order valence-corrected chi connectivity index (χ0v) is 15.8. The maximum absolute atomic E-state index is 13.1. The van der Waals surface area contributed by atoms with Gasteiger partial charge in [-0.3, -0.25) is 4.79 Å². The van der Waals surface area contributed by atoms with Gasteiger partial charge in [0.25, 0.3) is 0 Å². The van der Waals surface area contributed by atoms with E-state index in [1.165, 1.54) is 11.8 Å².